The molecule has 0 saturated carbocycles. The Morgan fingerprint density at radius 2 is 1.59 bits per heavy atom. The van der Waals surface area contributed by atoms with Crippen molar-refractivity contribution in [2.24, 2.45) is 0 Å². The largest absolute Gasteiger partial charge is 0.346 e. The highest BCUT2D eigenvalue weighted by molar-refractivity contribution is 7.81. The van der Waals surface area contributed by atoms with Gasteiger partial charge in [-0.2, -0.15) is 0 Å². The maximum absolute atomic E-state index is 13.7. The molecule has 168 valence electrons. The lowest BCUT2D eigenvalue weighted by molar-refractivity contribution is 0.0985. The van der Waals surface area contributed by atoms with Gasteiger partial charge in [0.1, 0.15) is 4.99 Å². The van der Waals surface area contributed by atoms with Gasteiger partial charge in [-0.25, -0.2) is 0 Å². The fourth-order valence-corrected chi connectivity index (χ4v) is 4.90. The second-order valence-corrected chi connectivity index (χ2v) is 9.30. The van der Waals surface area contributed by atoms with E-state index < -0.39 is 0 Å². The molecule has 1 amide bonds. The predicted octanol–water partition coefficient (Wildman–Crippen LogP) is 7.19. The molecule has 1 heterocycles. The highest BCUT2D eigenvalue weighted by Gasteiger charge is 2.25. The Kier molecular flexibility index (Phi) is 6.18. The Morgan fingerprint density at radius 1 is 0.882 bits per heavy atom. The third-order valence-corrected chi connectivity index (χ3v) is 6.74. The number of nitrogens with zero attached hydrogens (tertiary/aromatic N) is 1. The van der Waals surface area contributed by atoms with E-state index in [9.17, 15) is 4.79 Å². The van der Waals surface area contributed by atoms with Crippen molar-refractivity contribution < 1.29 is 4.79 Å². The number of fused-ring (bicyclic) bond motifs is 2. The first-order valence-corrected chi connectivity index (χ1v) is 11.9. The molecule has 0 saturated heterocycles. The number of hydrogen-bond donors (Lipinski definition) is 1. The number of rotatable bonds is 3. The van der Waals surface area contributed by atoms with Crippen LogP contribution in [0, 0.1) is 6.92 Å². The number of aryl methyl sites for hydroxylation is 1. The molecule has 1 aliphatic rings. The van der Waals surface area contributed by atoms with Crippen LogP contribution in [0.1, 0.15) is 38.2 Å². The van der Waals surface area contributed by atoms with Crippen LogP contribution in [0.15, 0.2) is 91.0 Å². The molecule has 1 N–H and O–H groups in total. The van der Waals surface area contributed by atoms with Crippen molar-refractivity contribution in [3.05, 3.63) is 129 Å². The van der Waals surface area contributed by atoms with Gasteiger partial charge in [-0.3, -0.25) is 4.79 Å². The van der Waals surface area contributed by atoms with E-state index in [1.165, 1.54) is 5.56 Å². The van der Waals surface area contributed by atoms with E-state index in [2.05, 4.69) is 17.4 Å². The van der Waals surface area contributed by atoms with E-state index in [1.807, 2.05) is 90.7 Å². The molecule has 4 aromatic carbocycles. The lowest BCUT2D eigenvalue weighted by Crippen LogP contribution is -2.30. The number of carbonyl (C=O) groups excluding carboxylic acids is 1. The molecule has 0 bridgehead atoms. The lowest BCUT2D eigenvalue weighted by atomic mass is 10.0. The fraction of sp³-hybridized carbons (Fsp3) is 0.103. The second kappa shape index (κ2) is 9.41. The van der Waals surface area contributed by atoms with E-state index in [0.717, 1.165) is 40.0 Å². The number of anilines is 2. The molecule has 0 aromatic heterocycles. The summed E-state index contributed by atoms with van der Waals surface area (Å²) < 4.78 is 0. The van der Waals surface area contributed by atoms with Crippen molar-refractivity contribution in [2.75, 3.05) is 10.2 Å². The summed E-state index contributed by atoms with van der Waals surface area (Å²) in [5, 5.41) is 3.95. The average Bonchev–Trinajstić information content (AvgIpc) is 3.00. The predicted molar refractivity (Wildman–Crippen MR) is 144 cm³/mol. The van der Waals surface area contributed by atoms with Crippen LogP contribution in [-0.2, 0) is 13.0 Å². The molecule has 3 nitrogen and oxygen atoms in total. The van der Waals surface area contributed by atoms with Gasteiger partial charge in [0.05, 0.1) is 6.54 Å². The smallest absolute Gasteiger partial charge is 0.258 e. The van der Waals surface area contributed by atoms with Crippen LogP contribution in [0.3, 0.4) is 0 Å². The summed E-state index contributed by atoms with van der Waals surface area (Å²) in [4.78, 5) is 16.2. The lowest BCUT2D eigenvalue weighted by Gasteiger charge is -2.24. The van der Waals surface area contributed by atoms with Crippen molar-refractivity contribution in [3.63, 3.8) is 0 Å². The zero-order valence-electron chi connectivity index (χ0n) is 18.7. The van der Waals surface area contributed by atoms with E-state index >= 15 is 0 Å². The normalized spacial score (nSPS) is 12.4. The molecule has 5 heteroatoms. The van der Waals surface area contributed by atoms with E-state index in [4.69, 9.17) is 23.8 Å². The van der Waals surface area contributed by atoms with E-state index in [1.54, 1.807) is 0 Å². The highest BCUT2D eigenvalue weighted by atomic mass is 35.5. The minimum absolute atomic E-state index is 0.0479. The standard InChI is InChI=1S/C29H23ClN2OS/c1-19-6-2-5-9-26(19)28(34)31-25-13-10-20(11-14-25)29(33)32-18-22-8-4-3-7-21(22)16-23-17-24(30)12-15-27(23)32/h2-15,17H,16,18H2,1H3,(H,31,34). The summed E-state index contributed by atoms with van der Waals surface area (Å²) in [7, 11) is 0. The fourth-order valence-electron chi connectivity index (χ4n) is 4.36. The number of hydrogen-bond acceptors (Lipinski definition) is 2. The Morgan fingerprint density at radius 3 is 2.35 bits per heavy atom. The number of carbonyl (C=O) groups is 1. The van der Waals surface area contributed by atoms with Gasteiger partial charge in [0, 0.05) is 27.5 Å². The van der Waals surface area contributed by atoms with Gasteiger partial charge in [0.25, 0.3) is 5.91 Å². The first kappa shape index (κ1) is 22.3. The molecular formula is C29H23ClN2OS. The van der Waals surface area contributed by atoms with Crippen LogP contribution in [0.5, 0.6) is 0 Å². The molecule has 0 fully saturated rings. The van der Waals surface area contributed by atoms with Gasteiger partial charge in [-0.1, -0.05) is 72.3 Å². The van der Waals surface area contributed by atoms with Crippen molar-refractivity contribution in [2.45, 2.75) is 19.9 Å². The molecule has 34 heavy (non-hydrogen) atoms. The summed E-state index contributed by atoms with van der Waals surface area (Å²) >= 11 is 11.9. The maximum Gasteiger partial charge on any atom is 0.258 e. The number of halogens is 1. The zero-order chi connectivity index (χ0) is 23.7. The third-order valence-electron chi connectivity index (χ3n) is 6.18. The minimum Gasteiger partial charge on any atom is -0.346 e. The molecule has 0 atom stereocenters. The Labute approximate surface area is 210 Å². The van der Waals surface area contributed by atoms with Gasteiger partial charge in [-0.05, 0) is 78.1 Å². The van der Waals surface area contributed by atoms with Crippen LogP contribution in [0.2, 0.25) is 5.02 Å². The highest BCUT2D eigenvalue weighted by Crippen LogP contribution is 2.33. The Bertz CT molecular complexity index is 1400. The molecule has 5 rings (SSSR count). The van der Waals surface area contributed by atoms with Crippen molar-refractivity contribution >= 4 is 46.1 Å². The topological polar surface area (TPSA) is 32.3 Å². The first-order valence-electron chi connectivity index (χ1n) is 11.1. The van der Waals surface area contributed by atoms with Crippen molar-refractivity contribution in [3.8, 4) is 0 Å². The molecule has 0 unspecified atom stereocenters. The zero-order valence-corrected chi connectivity index (χ0v) is 20.3. The Balaban J connectivity index is 1.42. The van der Waals surface area contributed by atoms with Gasteiger partial charge >= 0.3 is 0 Å². The number of amides is 1. The Hall–Kier alpha value is -3.47. The van der Waals surface area contributed by atoms with Gasteiger partial charge < -0.3 is 10.2 Å². The molecular weight excluding hydrogens is 460 g/mol. The first-order chi connectivity index (χ1) is 16.5. The van der Waals surface area contributed by atoms with Crippen LogP contribution in [0.25, 0.3) is 0 Å². The van der Waals surface area contributed by atoms with Crippen LogP contribution < -0.4 is 10.2 Å². The summed E-state index contributed by atoms with van der Waals surface area (Å²) in [6.07, 6.45) is 0.745. The maximum atomic E-state index is 13.7. The average molecular weight is 483 g/mol. The number of benzene rings is 4. The van der Waals surface area contributed by atoms with Crippen molar-refractivity contribution in [1.82, 2.24) is 0 Å². The summed E-state index contributed by atoms with van der Waals surface area (Å²) in [5.41, 5.74) is 7.88. The van der Waals surface area contributed by atoms with Gasteiger partial charge in [0.15, 0.2) is 0 Å². The quantitative estimate of drug-likeness (QED) is 0.314. The number of thiocarbonyl (C=S) groups is 1. The SMILES string of the molecule is Cc1ccccc1C(=S)Nc1ccc(C(=O)N2Cc3ccccc3Cc3cc(Cl)ccc32)cc1. The van der Waals surface area contributed by atoms with E-state index in [-0.39, 0.29) is 5.91 Å². The number of nitrogens with one attached hydrogen (secondary N) is 1. The van der Waals surface area contributed by atoms with Crippen LogP contribution in [-0.4, -0.2) is 10.9 Å². The molecule has 0 spiro atoms. The molecule has 1 aliphatic heterocycles. The van der Waals surface area contributed by atoms with Crippen LogP contribution in [0.4, 0.5) is 11.4 Å². The summed E-state index contributed by atoms with van der Waals surface area (Å²) in [6.45, 7) is 2.55. The van der Waals surface area contributed by atoms with Gasteiger partial charge in [0.2, 0.25) is 0 Å². The van der Waals surface area contributed by atoms with Crippen LogP contribution >= 0.6 is 23.8 Å². The minimum atomic E-state index is -0.0479. The van der Waals surface area contributed by atoms with E-state index in [0.29, 0.717) is 22.1 Å². The second-order valence-electron chi connectivity index (χ2n) is 8.46. The monoisotopic (exact) mass is 482 g/mol. The third kappa shape index (κ3) is 4.47. The summed E-state index contributed by atoms with van der Waals surface area (Å²) in [5.74, 6) is -0.0479. The molecule has 4 aromatic rings. The molecule has 0 radical (unpaired) electrons. The van der Waals surface area contributed by atoms with Crippen molar-refractivity contribution in [1.29, 1.82) is 0 Å². The van der Waals surface area contributed by atoms with Gasteiger partial charge in [-0.15, -0.1) is 0 Å². The summed E-state index contributed by atoms with van der Waals surface area (Å²) in [6, 6.07) is 29.5. The molecule has 0 aliphatic carbocycles.